The average molecular weight is 260 g/mol. The van der Waals surface area contributed by atoms with E-state index in [-0.39, 0.29) is 5.56 Å². The lowest BCUT2D eigenvalue weighted by atomic mass is 10.4. The molecule has 1 aliphatic carbocycles. The van der Waals surface area contributed by atoms with E-state index in [1.807, 2.05) is 0 Å². The van der Waals surface area contributed by atoms with Crippen molar-refractivity contribution in [2.24, 2.45) is 13.0 Å². The molecular weight excluding hydrogens is 244 g/mol. The molecule has 2 aromatic heterocycles. The van der Waals surface area contributed by atoms with Crippen LogP contribution in [-0.2, 0) is 13.6 Å². The highest BCUT2D eigenvalue weighted by molar-refractivity contribution is 5.39. The molecule has 0 aliphatic heterocycles. The Balaban J connectivity index is 1.72. The molecule has 0 atom stereocenters. The number of aryl methyl sites for hydroxylation is 1. The van der Waals surface area contributed by atoms with Crippen molar-refractivity contribution in [1.82, 2.24) is 24.5 Å². The zero-order chi connectivity index (χ0) is 13.2. The third-order valence-corrected chi connectivity index (χ3v) is 3.26. The first-order valence-electron chi connectivity index (χ1n) is 6.36. The zero-order valence-electron chi connectivity index (χ0n) is 10.8. The third-order valence-electron chi connectivity index (χ3n) is 3.26. The summed E-state index contributed by atoms with van der Waals surface area (Å²) in [5, 5.41) is 11.4. The summed E-state index contributed by atoms with van der Waals surface area (Å²) < 4.78 is 3.01. The molecule has 7 nitrogen and oxygen atoms in total. The van der Waals surface area contributed by atoms with Crippen molar-refractivity contribution >= 4 is 5.69 Å². The van der Waals surface area contributed by atoms with Crippen molar-refractivity contribution in [2.45, 2.75) is 19.4 Å². The molecule has 100 valence electrons. The van der Waals surface area contributed by atoms with Gasteiger partial charge in [0, 0.05) is 19.7 Å². The summed E-state index contributed by atoms with van der Waals surface area (Å²) in [6.07, 6.45) is 5.71. The van der Waals surface area contributed by atoms with Gasteiger partial charge in [0.15, 0.2) is 0 Å². The van der Waals surface area contributed by atoms with E-state index in [9.17, 15) is 4.79 Å². The van der Waals surface area contributed by atoms with Gasteiger partial charge in [-0.05, 0) is 18.8 Å². The highest BCUT2D eigenvalue weighted by Gasteiger charge is 2.20. The van der Waals surface area contributed by atoms with Gasteiger partial charge in [0.1, 0.15) is 18.7 Å². The van der Waals surface area contributed by atoms with Gasteiger partial charge in [0.05, 0.1) is 11.9 Å². The second kappa shape index (κ2) is 4.83. The molecule has 0 amide bonds. The fraction of sp³-hybridized carbons (Fsp3) is 0.500. The highest BCUT2D eigenvalue weighted by Crippen LogP contribution is 2.28. The largest absolute Gasteiger partial charge is 0.383 e. The molecule has 0 radical (unpaired) electrons. The van der Waals surface area contributed by atoms with Crippen LogP contribution >= 0.6 is 0 Å². The van der Waals surface area contributed by atoms with E-state index in [4.69, 9.17) is 0 Å². The lowest BCUT2D eigenvalue weighted by Crippen LogP contribution is -2.24. The summed E-state index contributed by atoms with van der Waals surface area (Å²) in [5.74, 6) is 1.47. The number of nitrogens with one attached hydrogen (secondary N) is 1. The lowest BCUT2D eigenvalue weighted by Gasteiger charge is -2.07. The third kappa shape index (κ3) is 2.81. The van der Waals surface area contributed by atoms with Crippen LogP contribution in [0.2, 0.25) is 0 Å². The maximum absolute atomic E-state index is 11.9. The predicted molar refractivity (Wildman–Crippen MR) is 69.8 cm³/mol. The van der Waals surface area contributed by atoms with Gasteiger partial charge in [0.2, 0.25) is 0 Å². The predicted octanol–water partition coefficient (Wildman–Crippen LogP) is 0.242. The van der Waals surface area contributed by atoms with Gasteiger partial charge in [-0.1, -0.05) is 0 Å². The minimum atomic E-state index is -0.135. The van der Waals surface area contributed by atoms with Crippen LogP contribution in [0, 0.1) is 5.92 Å². The summed E-state index contributed by atoms with van der Waals surface area (Å²) in [5.41, 5.74) is 0.648. The van der Waals surface area contributed by atoms with Gasteiger partial charge >= 0.3 is 0 Å². The summed E-state index contributed by atoms with van der Waals surface area (Å²) in [6, 6.07) is 1.58. The van der Waals surface area contributed by atoms with Crippen LogP contribution in [-0.4, -0.2) is 31.1 Å². The summed E-state index contributed by atoms with van der Waals surface area (Å²) in [7, 11) is 1.79. The lowest BCUT2D eigenvalue weighted by molar-refractivity contribution is 0.581. The van der Waals surface area contributed by atoms with Crippen molar-refractivity contribution in [3.05, 3.63) is 34.8 Å². The van der Waals surface area contributed by atoms with E-state index in [1.165, 1.54) is 23.9 Å². The molecule has 0 saturated heterocycles. The zero-order valence-corrected chi connectivity index (χ0v) is 10.8. The number of nitrogens with zero attached hydrogens (tertiary/aromatic N) is 5. The Morgan fingerprint density at radius 2 is 2.26 bits per heavy atom. The number of hydrogen-bond donors (Lipinski definition) is 1. The van der Waals surface area contributed by atoms with Crippen LogP contribution in [0.1, 0.15) is 18.7 Å². The van der Waals surface area contributed by atoms with Gasteiger partial charge in [-0.2, -0.15) is 10.2 Å². The van der Waals surface area contributed by atoms with Gasteiger partial charge < -0.3 is 5.32 Å². The molecule has 1 N–H and O–H groups in total. The summed E-state index contributed by atoms with van der Waals surface area (Å²) in [6.45, 7) is 1.26. The van der Waals surface area contributed by atoms with Crippen molar-refractivity contribution in [1.29, 1.82) is 0 Å². The standard InChI is InChI=1S/C12H16N6O/c1-17-11(14-8-16-17)7-18-12(19)4-10(6-15-18)13-5-9-2-3-9/h4,6,8-9,13H,2-3,5,7H2,1H3. The summed E-state index contributed by atoms with van der Waals surface area (Å²) >= 11 is 0. The summed E-state index contributed by atoms with van der Waals surface area (Å²) in [4.78, 5) is 16.0. The number of hydrogen-bond acceptors (Lipinski definition) is 5. The topological polar surface area (TPSA) is 77.6 Å². The van der Waals surface area contributed by atoms with Crippen molar-refractivity contribution in [3.8, 4) is 0 Å². The number of anilines is 1. The van der Waals surface area contributed by atoms with Gasteiger partial charge in [-0.25, -0.2) is 9.67 Å². The fourth-order valence-electron chi connectivity index (χ4n) is 1.83. The molecule has 19 heavy (non-hydrogen) atoms. The maximum Gasteiger partial charge on any atom is 0.269 e. The van der Waals surface area contributed by atoms with Gasteiger partial charge in [0.25, 0.3) is 5.56 Å². The molecule has 2 heterocycles. The minimum absolute atomic E-state index is 0.135. The second-order valence-corrected chi connectivity index (χ2v) is 4.86. The molecule has 0 unspecified atom stereocenters. The molecule has 1 fully saturated rings. The van der Waals surface area contributed by atoms with E-state index < -0.39 is 0 Å². The van der Waals surface area contributed by atoms with Gasteiger partial charge in [-0.15, -0.1) is 0 Å². The van der Waals surface area contributed by atoms with E-state index in [0.717, 1.165) is 18.2 Å². The fourth-order valence-corrected chi connectivity index (χ4v) is 1.83. The smallest absolute Gasteiger partial charge is 0.269 e. The molecule has 3 rings (SSSR count). The minimum Gasteiger partial charge on any atom is -0.383 e. The van der Waals surface area contributed by atoms with Crippen LogP contribution in [0.3, 0.4) is 0 Å². The van der Waals surface area contributed by atoms with Crippen molar-refractivity contribution < 1.29 is 0 Å². The molecule has 1 saturated carbocycles. The van der Waals surface area contributed by atoms with Crippen LogP contribution in [0.5, 0.6) is 0 Å². The van der Waals surface area contributed by atoms with E-state index >= 15 is 0 Å². The monoisotopic (exact) mass is 260 g/mol. The number of aromatic nitrogens is 5. The first-order chi connectivity index (χ1) is 9.22. The van der Waals surface area contributed by atoms with E-state index in [1.54, 1.807) is 24.0 Å². The Hall–Kier alpha value is -2.18. The normalized spacial score (nSPS) is 14.6. The Morgan fingerprint density at radius 3 is 2.89 bits per heavy atom. The first-order valence-corrected chi connectivity index (χ1v) is 6.36. The Kier molecular flexibility index (Phi) is 3.02. The van der Waals surface area contributed by atoms with Crippen LogP contribution in [0.15, 0.2) is 23.4 Å². The maximum atomic E-state index is 11.9. The second-order valence-electron chi connectivity index (χ2n) is 4.86. The molecule has 7 heteroatoms. The first kappa shape index (κ1) is 11.9. The van der Waals surface area contributed by atoms with Crippen molar-refractivity contribution in [3.63, 3.8) is 0 Å². The van der Waals surface area contributed by atoms with Crippen LogP contribution in [0.4, 0.5) is 5.69 Å². The molecule has 0 bridgehead atoms. The SMILES string of the molecule is Cn1ncnc1Cn1ncc(NCC2CC2)cc1=O. The molecule has 1 aliphatic rings. The number of rotatable bonds is 5. The molecular formula is C12H16N6O. The quantitative estimate of drug-likeness (QED) is 0.833. The molecule has 2 aromatic rings. The van der Waals surface area contributed by atoms with E-state index in [0.29, 0.717) is 12.4 Å². The van der Waals surface area contributed by atoms with Gasteiger partial charge in [-0.3, -0.25) is 9.48 Å². The Bertz CT molecular complexity index is 627. The molecule has 0 aromatic carbocycles. The van der Waals surface area contributed by atoms with Crippen LogP contribution < -0.4 is 10.9 Å². The highest BCUT2D eigenvalue weighted by atomic mass is 16.1. The Morgan fingerprint density at radius 1 is 1.42 bits per heavy atom. The average Bonchev–Trinajstić information content (AvgIpc) is 3.14. The molecule has 0 spiro atoms. The van der Waals surface area contributed by atoms with Crippen molar-refractivity contribution in [2.75, 3.05) is 11.9 Å². The Labute approximate surface area is 110 Å². The van der Waals surface area contributed by atoms with E-state index in [2.05, 4.69) is 20.5 Å². The van der Waals surface area contributed by atoms with Crippen LogP contribution in [0.25, 0.3) is 0 Å².